The Morgan fingerprint density at radius 1 is 1.32 bits per heavy atom. The number of piperidine rings is 1. The first-order chi connectivity index (χ1) is 8.69. The van der Waals surface area contributed by atoms with Gasteiger partial charge in [0.05, 0.1) is 11.1 Å². The second-order valence-corrected chi connectivity index (χ2v) is 6.77. The highest BCUT2D eigenvalue weighted by Crippen LogP contribution is 2.37. The van der Waals surface area contributed by atoms with Crippen LogP contribution in [0.1, 0.15) is 67.2 Å². The van der Waals surface area contributed by atoms with Crippen LogP contribution >= 0.6 is 0 Å². The number of carbonyl (C=O) groups is 1. The summed E-state index contributed by atoms with van der Waals surface area (Å²) in [6.45, 7) is 12.2. The maximum Gasteiger partial charge on any atom is 0.322 e. The number of rotatable bonds is 4. The molecule has 4 nitrogen and oxygen atoms in total. The first-order valence-electron chi connectivity index (χ1n) is 7.25. The van der Waals surface area contributed by atoms with Crippen molar-refractivity contribution < 1.29 is 14.6 Å². The first kappa shape index (κ1) is 16.2. The summed E-state index contributed by atoms with van der Waals surface area (Å²) in [5, 5.41) is 1.88. The van der Waals surface area contributed by atoms with Crippen molar-refractivity contribution in [2.24, 2.45) is 0 Å². The Morgan fingerprint density at radius 2 is 1.84 bits per heavy atom. The molecule has 0 atom stereocenters. The number of unbranched alkanes of at least 4 members (excludes halogenated alkanes) is 1. The van der Waals surface area contributed by atoms with Gasteiger partial charge in [-0.25, -0.2) is 4.99 Å². The summed E-state index contributed by atoms with van der Waals surface area (Å²) in [6, 6.07) is 0.434. The minimum Gasteiger partial charge on any atom is -0.367 e. The van der Waals surface area contributed by atoms with E-state index in [0.29, 0.717) is 6.04 Å². The molecule has 0 aromatic carbocycles. The Hall–Kier alpha value is -0.900. The Bertz CT molecular complexity index is 330. The fourth-order valence-electron chi connectivity index (χ4n) is 3.15. The number of nitrogens with one attached hydrogen (secondary N) is 1. The van der Waals surface area contributed by atoms with Crippen LogP contribution in [0.5, 0.6) is 0 Å². The van der Waals surface area contributed by atoms with Crippen LogP contribution in [0, 0.1) is 0 Å². The predicted octanol–water partition coefficient (Wildman–Crippen LogP) is 1.44. The smallest absolute Gasteiger partial charge is 0.322 e. The lowest BCUT2D eigenvalue weighted by molar-refractivity contribution is -0.518. The molecule has 1 heterocycles. The van der Waals surface area contributed by atoms with Crippen molar-refractivity contribution in [2.45, 2.75) is 84.3 Å². The molecule has 0 aromatic heterocycles. The van der Waals surface area contributed by atoms with E-state index in [0.717, 1.165) is 25.7 Å². The molecule has 1 rings (SSSR count). The lowest BCUT2D eigenvalue weighted by Gasteiger charge is -2.50. The van der Waals surface area contributed by atoms with Gasteiger partial charge in [0.25, 0.3) is 0 Å². The minimum absolute atomic E-state index is 0.162. The van der Waals surface area contributed by atoms with Crippen molar-refractivity contribution in [2.75, 3.05) is 0 Å². The van der Waals surface area contributed by atoms with Crippen molar-refractivity contribution in [1.29, 1.82) is 0 Å². The second kappa shape index (κ2) is 6.04. The van der Waals surface area contributed by atoms with E-state index in [2.05, 4.69) is 45.8 Å². The highest BCUT2D eigenvalue weighted by Gasteiger charge is 2.49. The van der Waals surface area contributed by atoms with Gasteiger partial charge in [-0.3, -0.25) is 4.79 Å². The largest absolute Gasteiger partial charge is 0.367 e. The average molecular weight is 269 g/mol. The monoisotopic (exact) mass is 269 g/mol. The molecule has 4 heteroatoms. The van der Waals surface area contributed by atoms with Gasteiger partial charge in [0.1, 0.15) is 6.21 Å². The number of hydrogen-bond acceptors (Lipinski definition) is 3. The van der Waals surface area contributed by atoms with Gasteiger partial charge in [-0.2, -0.15) is 0 Å². The molecule has 0 radical (unpaired) electrons. The molecule has 0 bridgehead atoms. The normalized spacial score (nSPS) is 23.7. The fraction of sp³-hybridized carbons (Fsp3) is 0.867. The molecule has 0 aliphatic carbocycles. The highest BCUT2D eigenvalue weighted by molar-refractivity contribution is 5.65. The summed E-state index contributed by atoms with van der Waals surface area (Å²) in [4.78, 5) is 20.3. The van der Waals surface area contributed by atoms with E-state index in [9.17, 15) is 4.79 Å². The molecule has 1 aliphatic rings. The lowest BCUT2D eigenvalue weighted by Crippen LogP contribution is -2.82. The van der Waals surface area contributed by atoms with Gasteiger partial charge in [0.2, 0.25) is 0 Å². The van der Waals surface area contributed by atoms with Crippen molar-refractivity contribution in [3.8, 4) is 0 Å². The van der Waals surface area contributed by atoms with Gasteiger partial charge in [-0.05, 0) is 34.1 Å². The van der Waals surface area contributed by atoms with Crippen LogP contribution in [-0.4, -0.2) is 34.4 Å². The predicted molar refractivity (Wildman–Crippen MR) is 76.7 cm³/mol. The Kier molecular flexibility index (Phi) is 5.13. The molecule has 0 spiro atoms. The van der Waals surface area contributed by atoms with Gasteiger partial charge in [0, 0.05) is 26.2 Å². The molecule has 1 N–H and O–H groups in total. The van der Waals surface area contributed by atoms with Crippen LogP contribution in [0.15, 0.2) is 0 Å². The maximum absolute atomic E-state index is 11.3. The minimum atomic E-state index is -0.245. The van der Waals surface area contributed by atoms with Crippen LogP contribution in [-0.2, 0) is 9.63 Å². The zero-order valence-corrected chi connectivity index (χ0v) is 13.2. The van der Waals surface area contributed by atoms with Crippen LogP contribution < -0.4 is 4.99 Å². The Labute approximate surface area is 117 Å². The first-order valence-corrected chi connectivity index (χ1v) is 7.25. The molecule has 0 saturated carbocycles. The zero-order valence-electron chi connectivity index (χ0n) is 13.2. The van der Waals surface area contributed by atoms with E-state index in [1.54, 1.807) is 0 Å². The van der Waals surface area contributed by atoms with Crippen LogP contribution in [0.3, 0.4) is 0 Å². The fourth-order valence-corrected chi connectivity index (χ4v) is 3.15. The molecule has 1 saturated heterocycles. The third kappa shape index (κ3) is 4.30. The summed E-state index contributed by atoms with van der Waals surface area (Å²) < 4.78 is 0. The molecule has 110 valence electrons. The van der Waals surface area contributed by atoms with Crippen LogP contribution in [0.25, 0.3) is 0 Å². The van der Waals surface area contributed by atoms with Gasteiger partial charge < -0.3 is 4.84 Å². The summed E-state index contributed by atoms with van der Waals surface area (Å²) in [5.41, 5.74) is -0.323. The average Bonchev–Trinajstić information content (AvgIpc) is 2.23. The third-order valence-electron chi connectivity index (χ3n) is 3.60. The topological polar surface area (TPSA) is 43.5 Å². The summed E-state index contributed by atoms with van der Waals surface area (Å²) in [7, 11) is 0. The standard InChI is InChI=1S/C15H28N2O2/c1-7-8-9-16-13-10-14(3,4)17(19-12(2)18)15(5,6)11-13/h9,13H,7-8,10-11H2,1-6H3/p+1. The van der Waals surface area contributed by atoms with Crippen LogP contribution in [0.4, 0.5) is 0 Å². The SMILES string of the molecule is CCCC=[NH+]C1CC(C)(C)N(OC(C)=O)C(C)(C)C1. The molecular weight excluding hydrogens is 240 g/mol. The van der Waals surface area contributed by atoms with Gasteiger partial charge in [-0.15, -0.1) is 5.06 Å². The van der Waals surface area contributed by atoms with Gasteiger partial charge >= 0.3 is 5.97 Å². The molecular formula is C15H29N2O2+. The third-order valence-corrected chi connectivity index (χ3v) is 3.60. The van der Waals surface area contributed by atoms with E-state index < -0.39 is 0 Å². The van der Waals surface area contributed by atoms with Gasteiger partial charge in [0.15, 0.2) is 6.04 Å². The maximum atomic E-state index is 11.3. The zero-order chi connectivity index (χ0) is 14.7. The molecule has 0 aromatic rings. The van der Waals surface area contributed by atoms with E-state index >= 15 is 0 Å². The number of hydroxylamine groups is 2. The number of carbonyl (C=O) groups excluding carboxylic acids is 1. The van der Waals surface area contributed by atoms with Crippen molar-refractivity contribution in [1.82, 2.24) is 5.06 Å². The van der Waals surface area contributed by atoms with E-state index in [4.69, 9.17) is 4.84 Å². The van der Waals surface area contributed by atoms with E-state index in [1.165, 1.54) is 6.92 Å². The molecule has 19 heavy (non-hydrogen) atoms. The van der Waals surface area contributed by atoms with E-state index in [-0.39, 0.29) is 17.0 Å². The van der Waals surface area contributed by atoms with Crippen molar-refractivity contribution in [3.63, 3.8) is 0 Å². The molecule has 0 amide bonds. The molecule has 0 unspecified atom stereocenters. The van der Waals surface area contributed by atoms with E-state index in [1.807, 2.05) is 5.06 Å². The Morgan fingerprint density at radius 3 is 2.26 bits per heavy atom. The van der Waals surface area contributed by atoms with Crippen LogP contribution in [0.2, 0.25) is 0 Å². The number of nitrogens with zero attached hydrogens (tertiary/aromatic N) is 1. The molecule has 1 fully saturated rings. The summed E-state index contributed by atoms with van der Waals surface area (Å²) in [6.07, 6.45) is 6.34. The Balaban J connectivity index is 2.84. The molecule has 1 aliphatic heterocycles. The number of hydrogen-bond donors (Lipinski definition) is 1. The highest BCUT2D eigenvalue weighted by atomic mass is 16.7. The lowest BCUT2D eigenvalue weighted by atomic mass is 9.79. The second-order valence-electron chi connectivity index (χ2n) is 6.77. The summed E-state index contributed by atoms with van der Waals surface area (Å²) >= 11 is 0. The quantitative estimate of drug-likeness (QED) is 0.785. The van der Waals surface area contributed by atoms with Crippen molar-refractivity contribution in [3.05, 3.63) is 0 Å². The van der Waals surface area contributed by atoms with Gasteiger partial charge in [-0.1, -0.05) is 6.92 Å². The van der Waals surface area contributed by atoms with Crippen molar-refractivity contribution >= 4 is 12.2 Å². The summed E-state index contributed by atoms with van der Waals surface area (Å²) in [5.74, 6) is -0.245.